The molecule has 0 amide bonds. The third-order valence-corrected chi connectivity index (χ3v) is 1.92. The quantitative estimate of drug-likeness (QED) is 0.585. The molecule has 0 spiro atoms. The summed E-state index contributed by atoms with van der Waals surface area (Å²) < 4.78 is 42.4. The maximum absolute atomic E-state index is 13.1. The molecule has 0 atom stereocenters. The third kappa shape index (κ3) is 2.62. The molecule has 2 nitrogen and oxygen atoms in total. The third-order valence-electron chi connectivity index (χ3n) is 1.70. The van der Waals surface area contributed by atoms with E-state index in [1.54, 1.807) is 0 Å². The fourth-order valence-corrected chi connectivity index (χ4v) is 1.08. The van der Waals surface area contributed by atoms with Crippen molar-refractivity contribution < 1.29 is 22.7 Å². The van der Waals surface area contributed by atoms with Gasteiger partial charge in [0.05, 0.1) is 12.7 Å². The minimum atomic E-state index is -3.66. The van der Waals surface area contributed by atoms with E-state index >= 15 is 0 Å². The van der Waals surface area contributed by atoms with Crippen molar-refractivity contribution in [3.05, 3.63) is 35.1 Å². The number of benzene rings is 1. The molecule has 0 aliphatic heterocycles. The zero-order chi connectivity index (χ0) is 11.6. The van der Waals surface area contributed by atoms with E-state index in [1.807, 2.05) is 0 Å². The van der Waals surface area contributed by atoms with Crippen LogP contribution in [0.15, 0.2) is 18.2 Å². The van der Waals surface area contributed by atoms with Crippen LogP contribution in [0.2, 0.25) is 0 Å². The lowest BCUT2D eigenvalue weighted by Gasteiger charge is -2.09. The highest BCUT2D eigenvalue weighted by atomic mass is 35.5. The van der Waals surface area contributed by atoms with Crippen LogP contribution in [0, 0.1) is 5.82 Å². The summed E-state index contributed by atoms with van der Waals surface area (Å²) in [7, 11) is 1.06. The normalized spacial score (nSPS) is 11.3. The molecule has 0 bridgehead atoms. The summed E-state index contributed by atoms with van der Waals surface area (Å²) in [6, 6.07) is 2.26. The number of carbonyl (C=O) groups is 1. The lowest BCUT2D eigenvalue weighted by atomic mass is 10.1. The molecule has 0 saturated carbocycles. The van der Waals surface area contributed by atoms with Crippen LogP contribution in [0.25, 0.3) is 0 Å². The van der Waals surface area contributed by atoms with E-state index in [0.29, 0.717) is 6.07 Å². The van der Waals surface area contributed by atoms with E-state index in [-0.39, 0.29) is 0 Å². The lowest BCUT2D eigenvalue weighted by molar-refractivity contribution is 0.0593. The van der Waals surface area contributed by atoms with Crippen LogP contribution in [0.5, 0.6) is 0 Å². The van der Waals surface area contributed by atoms with Gasteiger partial charge in [-0.05, 0) is 23.7 Å². The summed E-state index contributed by atoms with van der Waals surface area (Å²) in [5.74, 6) is -2.03. The van der Waals surface area contributed by atoms with Gasteiger partial charge in [-0.15, -0.1) is 0 Å². The van der Waals surface area contributed by atoms with E-state index in [9.17, 15) is 18.0 Å². The average Bonchev–Trinajstić information content (AvgIpc) is 2.15. The van der Waals surface area contributed by atoms with Gasteiger partial charge in [-0.25, -0.2) is 9.18 Å². The highest BCUT2D eigenvalue weighted by Gasteiger charge is 2.29. The number of hydrogen-bond donors (Lipinski definition) is 0. The van der Waals surface area contributed by atoms with Crippen LogP contribution in [-0.4, -0.2) is 13.1 Å². The average molecular weight is 239 g/mol. The maximum atomic E-state index is 13.1. The Kier molecular flexibility index (Phi) is 3.24. The number of carbonyl (C=O) groups excluding carboxylic acids is 1. The Labute approximate surface area is 88.6 Å². The number of ether oxygens (including phenoxy) is 1. The lowest BCUT2D eigenvalue weighted by Crippen LogP contribution is -2.08. The van der Waals surface area contributed by atoms with Crippen LogP contribution in [0.3, 0.4) is 0 Å². The number of methoxy groups -OCH3 is 1. The first kappa shape index (κ1) is 11.8. The van der Waals surface area contributed by atoms with Crippen LogP contribution in [-0.2, 0) is 10.1 Å². The van der Waals surface area contributed by atoms with Crippen LogP contribution >= 0.6 is 11.6 Å². The standard InChI is InChI=1S/C9H6ClF3O2/c1-15-8(14)6-3-2-5(4-7(6)11)9(10,12)13/h2-4H,1H3. The van der Waals surface area contributed by atoms with Crippen molar-refractivity contribution in [2.45, 2.75) is 5.38 Å². The number of hydrogen-bond acceptors (Lipinski definition) is 2. The minimum Gasteiger partial charge on any atom is -0.465 e. The van der Waals surface area contributed by atoms with Gasteiger partial charge in [-0.1, -0.05) is 6.07 Å². The summed E-state index contributed by atoms with van der Waals surface area (Å²) in [6.45, 7) is 0. The molecule has 0 radical (unpaired) electrons. The van der Waals surface area contributed by atoms with Crippen molar-refractivity contribution in [1.29, 1.82) is 0 Å². The fourth-order valence-electron chi connectivity index (χ4n) is 0.967. The monoisotopic (exact) mass is 238 g/mol. The molecular formula is C9H6ClF3O2. The number of halogens is 4. The Bertz CT molecular complexity index is 387. The first-order chi connectivity index (χ1) is 6.86. The van der Waals surface area contributed by atoms with Crippen LogP contribution in [0.1, 0.15) is 15.9 Å². The maximum Gasteiger partial charge on any atom is 0.348 e. The van der Waals surface area contributed by atoms with Gasteiger partial charge < -0.3 is 4.74 Å². The number of alkyl halides is 3. The Balaban J connectivity index is 3.15. The van der Waals surface area contributed by atoms with Crippen molar-refractivity contribution in [1.82, 2.24) is 0 Å². The summed E-state index contributed by atoms with van der Waals surface area (Å²) in [5, 5.41) is -3.66. The van der Waals surface area contributed by atoms with Crippen molar-refractivity contribution >= 4 is 17.6 Å². The minimum absolute atomic E-state index is 0.415. The van der Waals surface area contributed by atoms with Gasteiger partial charge in [0.15, 0.2) is 0 Å². The molecule has 0 aliphatic carbocycles. The molecule has 0 fully saturated rings. The highest BCUT2D eigenvalue weighted by Crippen LogP contribution is 2.32. The Morgan fingerprint density at radius 3 is 2.47 bits per heavy atom. The van der Waals surface area contributed by atoms with Gasteiger partial charge in [0, 0.05) is 5.56 Å². The van der Waals surface area contributed by atoms with Gasteiger partial charge in [0.2, 0.25) is 0 Å². The predicted molar refractivity (Wildman–Crippen MR) is 47.5 cm³/mol. The topological polar surface area (TPSA) is 26.3 Å². The zero-order valence-electron chi connectivity index (χ0n) is 7.56. The van der Waals surface area contributed by atoms with Gasteiger partial charge in [-0.3, -0.25) is 0 Å². The summed E-state index contributed by atoms with van der Waals surface area (Å²) in [6.07, 6.45) is 0. The second-order valence-electron chi connectivity index (χ2n) is 2.68. The molecule has 0 aliphatic rings. The van der Waals surface area contributed by atoms with E-state index < -0.39 is 28.3 Å². The Morgan fingerprint density at radius 1 is 1.47 bits per heavy atom. The van der Waals surface area contributed by atoms with Crippen molar-refractivity contribution in [2.24, 2.45) is 0 Å². The second-order valence-corrected chi connectivity index (χ2v) is 3.16. The second kappa shape index (κ2) is 4.10. The molecule has 0 N–H and O–H groups in total. The fraction of sp³-hybridized carbons (Fsp3) is 0.222. The molecule has 82 valence electrons. The van der Waals surface area contributed by atoms with E-state index in [2.05, 4.69) is 16.3 Å². The van der Waals surface area contributed by atoms with E-state index in [4.69, 9.17) is 0 Å². The van der Waals surface area contributed by atoms with Crippen molar-refractivity contribution in [3.8, 4) is 0 Å². The number of rotatable bonds is 2. The molecule has 0 aromatic heterocycles. The first-order valence-corrected chi connectivity index (χ1v) is 4.19. The van der Waals surface area contributed by atoms with E-state index in [1.165, 1.54) is 0 Å². The number of esters is 1. The first-order valence-electron chi connectivity index (χ1n) is 3.81. The smallest absolute Gasteiger partial charge is 0.348 e. The Hall–Kier alpha value is -1.23. The molecule has 0 saturated heterocycles. The van der Waals surface area contributed by atoms with Gasteiger partial charge in [-0.2, -0.15) is 8.78 Å². The summed E-state index contributed by atoms with van der Waals surface area (Å²) in [4.78, 5) is 10.9. The molecule has 6 heteroatoms. The Morgan fingerprint density at radius 2 is 2.07 bits per heavy atom. The largest absolute Gasteiger partial charge is 0.465 e. The highest BCUT2D eigenvalue weighted by molar-refractivity contribution is 6.21. The molecule has 1 aromatic rings. The van der Waals surface area contributed by atoms with Gasteiger partial charge >= 0.3 is 11.4 Å². The van der Waals surface area contributed by atoms with Crippen molar-refractivity contribution in [3.63, 3.8) is 0 Å². The molecule has 0 heterocycles. The zero-order valence-corrected chi connectivity index (χ0v) is 8.32. The predicted octanol–water partition coefficient (Wildman–Crippen LogP) is 2.90. The van der Waals surface area contributed by atoms with E-state index in [0.717, 1.165) is 19.2 Å². The molecule has 15 heavy (non-hydrogen) atoms. The van der Waals surface area contributed by atoms with Gasteiger partial charge in [0.1, 0.15) is 5.82 Å². The molecular weight excluding hydrogens is 233 g/mol. The summed E-state index contributed by atoms with van der Waals surface area (Å²) >= 11 is 4.68. The van der Waals surface area contributed by atoms with Gasteiger partial charge in [0.25, 0.3) is 0 Å². The molecule has 0 unspecified atom stereocenters. The molecule has 1 rings (SSSR count). The van der Waals surface area contributed by atoms with Crippen molar-refractivity contribution in [2.75, 3.05) is 7.11 Å². The van der Waals surface area contributed by atoms with Crippen LogP contribution < -0.4 is 0 Å². The summed E-state index contributed by atoms with van der Waals surface area (Å²) in [5.41, 5.74) is -1.13. The molecule has 1 aromatic carbocycles. The SMILES string of the molecule is COC(=O)c1ccc(C(F)(F)Cl)cc1F. The van der Waals surface area contributed by atoms with Crippen LogP contribution in [0.4, 0.5) is 13.2 Å².